The van der Waals surface area contributed by atoms with E-state index in [0.717, 1.165) is 16.4 Å². The smallest absolute Gasteiger partial charge is 0.255 e. The van der Waals surface area contributed by atoms with Crippen molar-refractivity contribution < 1.29 is 22.3 Å². The lowest BCUT2D eigenvalue weighted by molar-refractivity contribution is 0.0729. The van der Waals surface area contributed by atoms with E-state index in [0.29, 0.717) is 5.56 Å². The summed E-state index contributed by atoms with van der Waals surface area (Å²) in [5, 5.41) is 11.3. The summed E-state index contributed by atoms with van der Waals surface area (Å²) in [5.74, 6) is -1.39. The summed E-state index contributed by atoms with van der Waals surface area (Å²) >= 11 is 0. The molecule has 1 N–H and O–H groups in total. The van der Waals surface area contributed by atoms with Gasteiger partial charge < -0.3 is 10.1 Å². The molecule has 0 unspecified atom stereocenters. The topological polar surface area (TPSA) is 99.5 Å². The Morgan fingerprint density at radius 1 is 1.15 bits per heavy atom. The van der Waals surface area contributed by atoms with Crippen molar-refractivity contribution in [2.45, 2.75) is 4.90 Å². The van der Waals surface area contributed by atoms with E-state index in [1.807, 2.05) is 6.07 Å². The summed E-state index contributed by atoms with van der Waals surface area (Å²) in [6.45, 7) is 0.777. The number of ether oxygens (including phenoxy) is 1. The first-order chi connectivity index (χ1) is 12.9. The first kappa shape index (κ1) is 19.0. The van der Waals surface area contributed by atoms with Gasteiger partial charge in [-0.15, -0.1) is 0 Å². The summed E-state index contributed by atoms with van der Waals surface area (Å²) in [7, 11) is -4.03. The van der Waals surface area contributed by atoms with Crippen molar-refractivity contribution in [3.05, 3.63) is 59.4 Å². The first-order valence-corrected chi connectivity index (χ1v) is 9.55. The molecule has 2 aromatic rings. The zero-order chi connectivity index (χ0) is 19.4. The van der Waals surface area contributed by atoms with Crippen LogP contribution in [0.3, 0.4) is 0 Å². The van der Waals surface area contributed by atoms with E-state index >= 15 is 0 Å². The Labute approximate surface area is 156 Å². The van der Waals surface area contributed by atoms with Crippen LogP contribution in [0.2, 0.25) is 0 Å². The Hall–Kier alpha value is -2.80. The third kappa shape index (κ3) is 4.14. The third-order valence-electron chi connectivity index (χ3n) is 4.05. The second-order valence-corrected chi connectivity index (χ2v) is 7.71. The Morgan fingerprint density at radius 2 is 1.81 bits per heavy atom. The number of anilines is 1. The fraction of sp³-hybridized carbons (Fsp3) is 0.222. The van der Waals surface area contributed by atoms with Crippen molar-refractivity contribution in [2.24, 2.45) is 0 Å². The van der Waals surface area contributed by atoms with E-state index in [1.165, 1.54) is 30.3 Å². The van der Waals surface area contributed by atoms with Gasteiger partial charge in [0.15, 0.2) is 0 Å². The number of rotatable bonds is 4. The van der Waals surface area contributed by atoms with Crippen LogP contribution >= 0.6 is 0 Å². The van der Waals surface area contributed by atoms with Crippen molar-refractivity contribution in [3.8, 4) is 6.07 Å². The standard InChI is InChI=1S/C18H16FN3O4S/c19-16-6-5-15(21-18(23)14-3-1-13(12-20)2-4-14)11-17(16)27(24,25)22-7-9-26-10-8-22/h1-6,11H,7-10H2,(H,21,23). The molecule has 0 spiro atoms. The third-order valence-corrected chi connectivity index (χ3v) is 5.97. The van der Waals surface area contributed by atoms with Crippen molar-refractivity contribution in [1.29, 1.82) is 5.26 Å². The highest BCUT2D eigenvalue weighted by molar-refractivity contribution is 7.89. The summed E-state index contributed by atoms with van der Waals surface area (Å²) in [4.78, 5) is 11.8. The molecule has 3 rings (SSSR count). The molecule has 140 valence electrons. The number of carbonyl (C=O) groups excluding carboxylic acids is 1. The largest absolute Gasteiger partial charge is 0.379 e. The van der Waals surface area contributed by atoms with Crippen molar-refractivity contribution in [3.63, 3.8) is 0 Å². The molecule has 9 heteroatoms. The van der Waals surface area contributed by atoms with Crippen LogP contribution in [-0.4, -0.2) is 44.9 Å². The van der Waals surface area contributed by atoms with Crippen LogP contribution in [-0.2, 0) is 14.8 Å². The average molecular weight is 389 g/mol. The van der Waals surface area contributed by atoms with Crippen molar-refractivity contribution in [2.75, 3.05) is 31.6 Å². The molecular weight excluding hydrogens is 373 g/mol. The van der Waals surface area contributed by atoms with Gasteiger partial charge in [-0.3, -0.25) is 4.79 Å². The van der Waals surface area contributed by atoms with Gasteiger partial charge in [0.25, 0.3) is 5.91 Å². The molecular formula is C18H16FN3O4S. The van der Waals surface area contributed by atoms with Gasteiger partial charge in [-0.1, -0.05) is 0 Å². The number of hydrogen-bond donors (Lipinski definition) is 1. The monoisotopic (exact) mass is 389 g/mol. The molecule has 1 aliphatic heterocycles. The maximum Gasteiger partial charge on any atom is 0.255 e. The van der Waals surface area contributed by atoms with Crippen molar-refractivity contribution in [1.82, 2.24) is 4.31 Å². The number of benzene rings is 2. The van der Waals surface area contributed by atoms with Crippen LogP contribution in [0.25, 0.3) is 0 Å². The number of nitrogens with one attached hydrogen (secondary N) is 1. The molecule has 0 radical (unpaired) electrons. The predicted molar refractivity (Wildman–Crippen MR) is 95.1 cm³/mol. The predicted octanol–water partition coefficient (Wildman–Crippen LogP) is 1.97. The minimum Gasteiger partial charge on any atom is -0.379 e. The molecule has 1 aliphatic rings. The lowest BCUT2D eigenvalue weighted by Gasteiger charge is -2.26. The maximum absolute atomic E-state index is 14.2. The molecule has 2 aromatic carbocycles. The molecule has 1 amide bonds. The van der Waals surface area contributed by atoms with E-state index in [9.17, 15) is 17.6 Å². The van der Waals surface area contributed by atoms with E-state index in [-0.39, 0.29) is 37.6 Å². The second kappa shape index (κ2) is 7.84. The maximum atomic E-state index is 14.2. The fourth-order valence-corrected chi connectivity index (χ4v) is 4.10. The summed E-state index contributed by atoms with van der Waals surface area (Å²) in [6.07, 6.45) is 0. The van der Waals surface area contributed by atoms with E-state index in [4.69, 9.17) is 10.00 Å². The van der Waals surface area contributed by atoms with Gasteiger partial charge in [-0.25, -0.2) is 12.8 Å². The molecule has 0 saturated carbocycles. The normalized spacial score (nSPS) is 15.1. The van der Waals surface area contributed by atoms with Crippen LogP contribution in [0.5, 0.6) is 0 Å². The molecule has 7 nitrogen and oxygen atoms in total. The van der Waals surface area contributed by atoms with Crippen LogP contribution in [0, 0.1) is 17.1 Å². The Balaban J connectivity index is 1.84. The molecule has 1 fully saturated rings. The number of halogens is 1. The van der Waals surface area contributed by atoms with E-state index < -0.39 is 26.6 Å². The lowest BCUT2D eigenvalue weighted by atomic mass is 10.1. The average Bonchev–Trinajstić information content (AvgIpc) is 2.70. The van der Waals surface area contributed by atoms with Gasteiger partial charge in [-0.2, -0.15) is 9.57 Å². The molecule has 0 atom stereocenters. The second-order valence-electron chi connectivity index (χ2n) is 5.80. The number of nitrogens with zero attached hydrogens (tertiary/aromatic N) is 2. The van der Waals surface area contributed by atoms with Gasteiger partial charge in [0.05, 0.1) is 24.8 Å². The van der Waals surface area contributed by atoms with Gasteiger partial charge >= 0.3 is 0 Å². The van der Waals surface area contributed by atoms with Gasteiger partial charge in [0.2, 0.25) is 10.0 Å². The highest BCUT2D eigenvalue weighted by atomic mass is 32.2. The minimum absolute atomic E-state index is 0.142. The number of hydrogen-bond acceptors (Lipinski definition) is 5. The van der Waals surface area contributed by atoms with E-state index in [2.05, 4.69) is 5.32 Å². The zero-order valence-electron chi connectivity index (χ0n) is 14.2. The number of carbonyl (C=O) groups is 1. The SMILES string of the molecule is N#Cc1ccc(C(=O)Nc2ccc(F)c(S(=O)(=O)N3CCOCC3)c2)cc1. The number of amides is 1. The summed E-state index contributed by atoms with van der Waals surface area (Å²) in [5.41, 5.74) is 0.848. The first-order valence-electron chi connectivity index (χ1n) is 8.11. The molecule has 27 heavy (non-hydrogen) atoms. The zero-order valence-corrected chi connectivity index (χ0v) is 15.0. The van der Waals surface area contributed by atoms with Gasteiger partial charge in [0, 0.05) is 24.3 Å². The van der Waals surface area contributed by atoms with Crippen LogP contribution in [0.1, 0.15) is 15.9 Å². The van der Waals surface area contributed by atoms with Crippen LogP contribution < -0.4 is 5.32 Å². The highest BCUT2D eigenvalue weighted by Crippen LogP contribution is 2.24. The number of nitriles is 1. The molecule has 1 heterocycles. The lowest BCUT2D eigenvalue weighted by Crippen LogP contribution is -2.40. The Kier molecular flexibility index (Phi) is 5.51. The molecule has 1 saturated heterocycles. The minimum atomic E-state index is -4.03. The van der Waals surface area contributed by atoms with E-state index in [1.54, 1.807) is 0 Å². The van der Waals surface area contributed by atoms with Crippen molar-refractivity contribution >= 4 is 21.6 Å². The Morgan fingerprint density at radius 3 is 2.44 bits per heavy atom. The molecule has 0 aliphatic carbocycles. The van der Waals surface area contributed by atoms with Crippen LogP contribution in [0.4, 0.5) is 10.1 Å². The fourth-order valence-electron chi connectivity index (χ4n) is 2.60. The van der Waals surface area contributed by atoms with Crippen LogP contribution in [0.15, 0.2) is 47.4 Å². The number of morpholine rings is 1. The summed E-state index contributed by atoms with van der Waals surface area (Å²) in [6, 6.07) is 11.3. The molecule has 0 aromatic heterocycles. The Bertz CT molecular complexity index is 994. The van der Waals surface area contributed by atoms with Gasteiger partial charge in [0.1, 0.15) is 10.7 Å². The molecule has 0 bridgehead atoms. The quantitative estimate of drug-likeness (QED) is 0.862. The summed E-state index contributed by atoms with van der Waals surface area (Å²) < 4.78 is 45.8. The number of sulfonamides is 1. The highest BCUT2D eigenvalue weighted by Gasteiger charge is 2.29. The van der Waals surface area contributed by atoms with Gasteiger partial charge in [-0.05, 0) is 42.5 Å².